The van der Waals surface area contributed by atoms with Crippen LogP contribution in [-0.4, -0.2) is 41.2 Å². The normalized spacial score (nSPS) is 12.8. The van der Waals surface area contributed by atoms with Gasteiger partial charge < -0.3 is 14.8 Å². The average molecular weight is 316 g/mol. The van der Waals surface area contributed by atoms with Crippen LogP contribution in [0, 0.1) is 0 Å². The second-order valence-electron chi connectivity index (χ2n) is 4.52. The van der Waals surface area contributed by atoms with Gasteiger partial charge in [0.05, 0.1) is 24.3 Å². The summed E-state index contributed by atoms with van der Waals surface area (Å²) in [4.78, 5) is 11.1. The van der Waals surface area contributed by atoms with E-state index in [1.54, 1.807) is 6.92 Å². The van der Waals surface area contributed by atoms with E-state index in [-0.39, 0.29) is 29.2 Å². The van der Waals surface area contributed by atoms with Crippen molar-refractivity contribution in [1.82, 2.24) is 4.72 Å². The molecule has 7 nitrogen and oxygen atoms in total. The molecular formula is C13H20N2O5S. The molecule has 0 aliphatic rings. The number of carbonyl (C=O) groups is 1. The lowest BCUT2D eigenvalue weighted by Crippen LogP contribution is -2.35. The highest BCUT2D eigenvalue weighted by atomic mass is 32.2. The maximum Gasteiger partial charge on any atom is 0.241 e. The van der Waals surface area contributed by atoms with E-state index in [2.05, 4.69) is 10.0 Å². The maximum absolute atomic E-state index is 12.2. The van der Waals surface area contributed by atoms with Gasteiger partial charge in [-0.2, -0.15) is 0 Å². The lowest BCUT2D eigenvalue weighted by Gasteiger charge is -2.15. The molecule has 1 amide bonds. The van der Waals surface area contributed by atoms with Gasteiger partial charge in [0.25, 0.3) is 0 Å². The van der Waals surface area contributed by atoms with Gasteiger partial charge in [-0.15, -0.1) is 0 Å². The van der Waals surface area contributed by atoms with Gasteiger partial charge in [-0.05, 0) is 19.1 Å². The van der Waals surface area contributed by atoms with Crippen LogP contribution in [-0.2, 0) is 19.6 Å². The Morgan fingerprint density at radius 1 is 1.33 bits per heavy atom. The average Bonchev–Trinajstić information content (AvgIpc) is 2.37. The van der Waals surface area contributed by atoms with Gasteiger partial charge in [-0.1, -0.05) is 0 Å². The molecule has 118 valence electrons. The largest absolute Gasteiger partial charge is 0.495 e. The topological polar surface area (TPSA) is 93.7 Å². The molecular weight excluding hydrogens is 296 g/mol. The Kier molecular flexibility index (Phi) is 6.13. The van der Waals surface area contributed by atoms with Crippen LogP contribution in [0.15, 0.2) is 23.1 Å². The van der Waals surface area contributed by atoms with Crippen LogP contribution in [0.4, 0.5) is 5.69 Å². The molecule has 0 saturated heterocycles. The number of anilines is 1. The van der Waals surface area contributed by atoms with Crippen molar-refractivity contribution < 1.29 is 22.7 Å². The van der Waals surface area contributed by atoms with Crippen molar-refractivity contribution in [2.45, 2.75) is 24.8 Å². The summed E-state index contributed by atoms with van der Waals surface area (Å²) in [6.45, 7) is 3.32. The van der Waals surface area contributed by atoms with E-state index in [0.29, 0.717) is 5.69 Å². The van der Waals surface area contributed by atoms with Gasteiger partial charge >= 0.3 is 0 Å². The van der Waals surface area contributed by atoms with Crippen LogP contribution in [0.5, 0.6) is 5.75 Å². The minimum atomic E-state index is -3.68. The first-order valence-corrected chi connectivity index (χ1v) is 7.75. The number of carbonyl (C=O) groups excluding carboxylic acids is 1. The molecule has 0 aliphatic heterocycles. The number of amides is 1. The molecule has 1 aromatic carbocycles. The summed E-state index contributed by atoms with van der Waals surface area (Å²) in [5.74, 6) is 0.00298. The monoisotopic (exact) mass is 316 g/mol. The summed E-state index contributed by atoms with van der Waals surface area (Å²) in [6, 6.07) is 3.87. The summed E-state index contributed by atoms with van der Waals surface area (Å²) in [5.41, 5.74) is 0.411. The molecule has 0 unspecified atom stereocenters. The van der Waals surface area contributed by atoms with Gasteiger partial charge in [-0.25, -0.2) is 13.1 Å². The highest BCUT2D eigenvalue weighted by Crippen LogP contribution is 2.27. The lowest BCUT2D eigenvalue weighted by atomic mass is 10.3. The molecule has 1 rings (SSSR count). The van der Waals surface area contributed by atoms with Crippen LogP contribution in [0.1, 0.15) is 13.8 Å². The van der Waals surface area contributed by atoms with Crippen LogP contribution in [0.25, 0.3) is 0 Å². The quantitative estimate of drug-likeness (QED) is 0.781. The van der Waals surface area contributed by atoms with Crippen molar-refractivity contribution in [3.8, 4) is 5.75 Å². The van der Waals surface area contributed by atoms with Gasteiger partial charge in [0, 0.05) is 26.1 Å². The van der Waals surface area contributed by atoms with Crippen molar-refractivity contribution >= 4 is 21.6 Å². The molecule has 0 heterocycles. The third-order valence-electron chi connectivity index (χ3n) is 2.57. The second kappa shape index (κ2) is 7.39. The number of methoxy groups -OCH3 is 2. The van der Waals surface area contributed by atoms with E-state index >= 15 is 0 Å². The molecule has 8 heteroatoms. The molecule has 1 aromatic rings. The second-order valence-corrected chi connectivity index (χ2v) is 6.23. The van der Waals surface area contributed by atoms with Crippen molar-refractivity contribution in [3.63, 3.8) is 0 Å². The smallest absolute Gasteiger partial charge is 0.241 e. The minimum absolute atomic E-state index is 0.0522. The minimum Gasteiger partial charge on any atom is -0.495 e. The Labute approximate surface area is 124 Å². The number of ether oxygens (including phenoxy) is 2. The molecule has 0 fully saturated rings. The summed E-state index contributed by atoms with van der Waals surface area (Å²) in [5, 5.41) is 2.56. The van der Waals surface area contributed by atoms with Crippen LogP contribution >= 0.6 is 0 Å². The molecule has 1 atom stereocenters. The van der Waals surface area contributed by atoms with E-state index in [1.165, 1.54) is 39.3 Å². The van der Waals surface area contributed by atoms with E-state index in [1.807, 2.05) is 0 Å². The first-order chi connectivity index (χ1) is 9.80. The fraction of sp³-hybridized carbons (Fsp3) is 0.462. The standard InChI is InChI=1S/C13H20N2O5S/c1-9(8-19-3)15-21(17,18)11-5-6-12(14-10(2)16)13(7-11)20-4/h5-7,9,15H,8H2,1-4H3,(H,14,16)/t9-/m0/s1. The predicted octanol–water partition coefficient (Wildman–Crippen LogP) is 0.967. The number of hydrogen-bond donors (Lipinski definition) is 2. The summed E-state index contributed by atoms with van der Waals surface area (Å²) in [7, 11) is -0.785. The third-order valence-corrected chi connectivity index (χ3v) is 4.15. The Morgan fingerprint density at radius 3 is 2.52 bits per heavy atom. The Hall–Kier alpha value is -1.64. The van der Waals surface area contributed by atoms with E-state index < -0.39 is 10.0 Å². The predicted molar refractivity (Wildman–Crippen MR) is 79.0 cm³/mol. The molecule has 21 heavy (non-hydrogen) atoms. The van der Waals surface area contributed by atoms with Crippen molar-refractivity contribution in [3.05, 3.63) is 18.2 Å². The Morgan fingerprint density at radius 2 is 2.00 bits per heavy atom. The zero-order valence-corrected chi connectivity index (χ0v) is 13.3. The zero-order chi connectivity index (χ0) is 16.0. The van der Waals surface area contributed by atoms with Gasteiger partial charge in [-0.3, -0.25) is 4.79 Å². The SMILES string of the molecule is COC[C@H](C)NS(=O)(=O)c1ccc(NC(C)=O)c(OC)c1. The molecule has 0 saturated carbocycles. The molecule has 0 aliphatic carbocycles. The Bertz CT molecular complexity index is 601. The van der Waals surface area contributed by atoms with Crippen molar-refractivity contribution in [1.29, 1.82) is 0 Å². The molecule has 0 aromatic heterocycles. The molecule has 2 N–H and O–H groups in total. The molecule has 0 radical (unpaired) electrons. The maximum atomic E-state index is 12.2. The van der Waals surface area contributed by atoms with Gasteiger partial charge in [0.1, 0.15) is 5.75 Å². The van der Waals surface area contributed by atoms with Crippen molar-refractivity contribution in [2.24, 2.45) is 0 Å². The molecule has 0 spiro atoms. The number of sulfonamides is 1. The highest BCUT2D eigenvalue weighted by Gasteiger charge is 2.19. The number of nitrogens with one attached hydrogen (secondary N) is 2. The fourth-order valence-electron chi connectivity index (χ4n) is 1.75. The highest BCUT2D eigenvalue weighted by molar-refractivity contribution is 7.89. The molecule has 0 bridgehead atoms. The Balaban J connectivity index is 3.05. The van der Waals surface area contributed by atoms with Crippen LogP contribution in [0.2, 0.25) is 0 Å². The first-order valence-electron chi connectivity index (χ1n) is 6.27. The van der Waals surface area contributed by atoms with Crippen LogP contribution in [0.3, 0.4) is 0 Å². The number of hydrogen-bond acceptors (Lipinski definition) is 5. The number of rotatable bonds is 7. The van der Waals surface area contributed by atoms with Gasteiger partial charge in [0.2, 0.25) is 15.9 Å². The van der Waals surface area contributed by atoms with Crippen LogP contribution < -0.4 is 14.8 Å². The summed E-state index contributed by atoms with van der Waals surface area (Å²) in [6.07, 6.45) is 0. The summed E-state index contributed by atoms with van der Waals surface area (Å²) < 4.78 is 36.9. The summed E-state index contributed by atoms with van der Waals surface area (Å²) >= 11 is 0. The van der Waals surface area contributed by atoms with Crippen molar-refractivity contribution in [2.75, 3.05) is 26.1 Å². The first kappa shape index (κ1) is 17.4. The third kappa shape index (κ3) is 5.00. The lowest BCUT2D eigenvalue weighted by molar-refractivity contribution is -0.114. The van der Waals surface area contributed by atoms with Gasteiger partial charge in [0.15, 0.2) is 0 Å². The number of benzene rings is 1. The van der Waals surface area contributed by atoms with E-state index in [9.17, 15) is 13.2 Å². The van der Waals surface area contributed by atoms with E-state index in [4.69, 9.17) is 9.47 Å². The van der Waals surface area contributed by atoms with E-state index in [0.717, 1.165) is 0 Å². The zero-order valence-electron chi connectivity index (χ0n) is 12.5. The fourth-order valence-corrected chi connectivity index (χ4v) is 2.99.